The summed E-state index contributed by atoms with van der Waals surface area (Å²) >= 11 is 0. The Kier molecular flexibility index (Phi) is 4.37. The fraction of sp³-hybridized carbons (Fsp3) is 0.533. The maximum atomic E-state index is 11.5. The van der Waals surface area contributed by atoms with Crippen LogP contribution >= 0.6 is 0 Å². The Morgan fingerprint density at radius 3 is 2.61 bits per heavy atom. The molecule has 0 aromatic heterocycles. The molecule has 0 saturated carbocycles. The number of ether oxygens (including phenoxy) is 1. The summed E-state index contributed by atoms with van der Waals surface area (Å²) in [6.45, 7) is 7.05. The third-order valence-electron chi connectivity index (χ3n) is 3.54. The molecule has 0 atom stereocenters. The summed E-state index contributed by atoms with van der Waals surface area (Å²) in [4.78, 5) is 13.9. The van der Waals surface area contributed by atoms with Gasteiger partial charge < -0.3 is 9.64 Å². The van der Waals surface area contributed by atoms with Crippen molar-refractivity contribution < 1.29 is 9.53 Å². The van der Waals surface area contributed by atoms with Gasteiger partial charge in [-0.1, -0.05) is 19.1 Å². The molecule has 0 bridgehead atoms. The zero-order chi connectivity index (χ0) is 13.0. The number of rotatable bonds is 4. The Balaban J connectivity index is 2.00. The van der Waals surface area contributed by atoms with Crippen molar-refractivity contribution in [2.45, 2.75) is 32.8 Å². The molecule has 0 N–H and O–H groups in total. The van der Waals surface area contributed by atoms with E-state index in [1.807, 2.05) is 24.3 Å². The topological polar surface area (TPSA) is 29.5 Å². The second-order valence-corrected chi connectivity index (χ2v) is 4.80. The van der Waals surface area contributed by atoms with E-state index < -0.39 is 0 Å². The van der Waals surface area contributed by atoms with E-state index in [9.17, 15) is 4.79 Å². The summed E-state index contributed by atoms with van der Waals surface area (Å²) in [6.07, 6.45) is 2.33. The predicted molar refractivity (Wildman–Crippen MR) is 72.2 cm³/mol. The van der Waals surface area contributed by atoms with E-state index in [4.69, 9.17) is 4.74 Å². The van der Waals surface area contributed by atoms with Crippen LogP contribution < -0.4 is 4.74 Å². The van der Waals surface area contributed by atoms with Gasteiger partial charge in [-0.15, -0.1) is 0 Å². The van der Waals surface area contributed by atoms with Gasteiger partial charge in [0.25, 0.3) is 0 Å². The van der Waals surface area contributed by atoms with Gasteiger partial charge in [-0.3, -0.25) is 4.79 Å². The minimum absolute atomic E-state index is 0.0663. The molecule has 1 aromatic rings. The summed E-state index contributed by atoms with van der Waals surface area (Å²) < 4.78 is 5.99. The monoisotopic (exact) mass is 247 g/mol. The van der Waals surface area contributed by atoms with Gasteiger partial charge in [-0.25, -0.2) is 0 Å². The summed E-state index contributed by atoms with van der Waals surface area (Å²) in [7, 11) is 0. The molecule has 3 nitrogen and oxygen atoms in total. The lowest BCUT2D eigenvalue weighted by molar-refractivity contribution is 0.0956. The number of hydrogen-bond acceptors (Lipinski definition) is 3. The number of Topliss-reactive ketones (excluding diaryl/α,β-unsaturated/α-hetero) is 1. The van der Waals surface area contributed by atoms with Gasteiger partial charge in [0, 0.05) is 13.1 Å². The average Bonchev–Trinajstić information content (AvgIpc) is 2.40. The number of benzene rings is 1. The fourth-order valence-electron chi connectivity index (χ4n) is 2.38. The largest absolute Gasteiger partial charge is 0.490 e. The Bertz CT molecular complexity index is 409. The molecule has 98 valence electrons. The highest BCUT2D eigenvalue weighted by Gasteiger charge is 2.20. The third-order valence-corrected chi connectivity index (χ3v) is 3.54. The minimum atomic E-state index is 0.0663. The van der Waals surface area contributed by atoms with Crippen LogP contribution in [0.3, 0.4) is 0 Å². The number of carbonyl (C=O) groups excluding carboxylic acids is 1. The highest BCUT2D eigenvalue weighted by molar-refractivity contribution is 5.96. The standard InChI is InChI=1S/C15H21NO2/c1-3-16-10-8-13(9-11-16)18-15-7-5-4-6-14(15)12(2)17/h4-7,13H,3,8-11H2,1-2H3. The Hall–Kier alpha value is -1.35. The normalized spacial score (nSPS) is 17.7. The maximum Gasteiger partial charge on any atom is 0.163 e. The second kappa shape index (κ2) is 6.01. The van der Waals surface area contributed by atoms with Crippen molar-refractivity contribution in [3.63, 3.8) is 0 Å². The lowest BCUT2D eigenvalue weighted by Crippen LogP contribution is -2.38. The summed E-state index contributed by atoms with van der Waals surface area (Å²) in [5.41, 5.74) is 0.690. The van der Waals surface area contributed by atoms with E-state index in [0.717, 1.165) is 38.2 Å². The van der Waals surface area contributed by atoms with Crippen LogP contribution in [0.1, 0.15) is 37.0 Å². The summed E-state index contributed by atoms with van der Waals surface area (Å²) in [6, 6.07) is 7.52. The van der Waals surface area contributed by atoms with Crippen molar-refractivity contribution in [3.8, 4) is 5.75 Å². The molecule has 0 unspecified atom stereocenters. The van der Waals surface area contributed by atoms with Crippen LogP contribution in [0.5, 0.6) is 5.75 Å². The number of nitrogens with zero attached hydrogens (tertiary/aromatic N) is 1. The summed E-state index contributed by atoms with van der Waals surface area (Å²) in [5.74, 6) is 0.802. The number of hydrogen-bond donors (Lipinski definition) is 0. The first-order chi connectivity index (χ1) is 8.70. The van der Waals surface area contributed by atoms with Crippen molar-refractivity contribution in [1.82, 2.24) is 4.90 Å². The maximum absolute atomic E-state index is 11.5. The molecule has 1 fully saturated rings. The molecule has 1 aliphatic rings. The van der Waals surface area contributed by atoms with Crippen LogP contribution in [-0.2, 0) is 0 Å². The lowest BCUT2D eigenvalue weighted by Gasteiger charge is -2.31. The number of carbonyl (C=O) groups is 1. The van der Waals surface area contributed by atoms with Crippen LogP contribution in [0.4, 0.5) is 0 Å². The molecule has 1 aliphatic heterocycles. The van der Waals surface area contributed by atoms with Crippen molar-refractivity contribution >= 4 is 5.78 Å². The van der Waals surface area contributed by atoms with Crippen LogP contribution in [-0.4, -0.2) is 36.4 Å². The van der Waals surface area contributed by atoms with Gasteiger partial charge in [0.05, 0.1) is 5.56 Å². The van der Waals surface area contributed by atoms with Gasteiger partial charge in [0.1, 0.15) is 11.9 Å². The predicted octanol–water partition coefficient (Wildman–Crippen LogP) is 2.75. The van der Waals surface area contributed by atoms with E-state index >= 15 is 0 Å². The molecule has 18 heavy (non-hydrogen) atoms. The van der Waals surface area contributed by atoms with Crippen LogP contribution in [0, 0.1) is 0 Å². The molecule has 0 radical (unpaired) electrons. The fourth-order valence-corrected chi connectivity index (χ4v) is 2.38. The molecule has 1 heterocycles. The van der Waals surface area contributed by atoms with Gasteiger partial charge in [-0.2, -0.15) is 0 Å². The molecule has 1 saturated heterocycles. The first kappa shape index (κ1) is 13.1. The third kappa shape index (κ3) is 3.10. The first-order valence-corrected chi connectivity index (χ1v) is 6.69. The zero-order valence-electron chi connectivity index (χ0n) is 11.2. The Labute approximate surface area is 109 Å². The molecule has 1 aromatic carbocycles. The van der Waals surface area contributed by atoms with Crippen molar-refractivity contribution in [2.24, 2.45) is 0 Å². The molecule has 3 heteroatoms. The molecule has 2 rings (SSSR count). The number of ketones is 1. The number of likely N-dealkylation sites (tertiary alicyclic amines) is 1. The van der Waals surface area contributed by atoms with Crippen LogP contribution in [0.2, 0.25) is 0 Å². The van der Waals surface area contributed by atoms with Crippen LogP contribution in [0.15, 0.2) is 24.3 Å². The van der Waals surface area contributed by atoms with E-state index in [-0.39, 0.29) is 11.9 Å². The van der Waals surface area contributed by atoms with Gasteiger partial charge in [0.15, 0.2) is 5.78 Å². The van der Waals surface area contributed by atoms with Crippen molar-refractivity contribution in [3.05, 3.63) is 29.8 Å². The number of piperidine rings is 1. The highest BCUT2D eigenvalue weighted by atomic mass is 16.5. The second-order valence-electron chi connectivity index (χ2n) is 4.80. The molecular weight excluding hydrogens is 226 g/mol. The SMILES string of the molecule is CCN1CCC(Oc2ccccc2C(C)=O)CC1. The zero-order valence-corrected chi connectivity index (χ0v) is 11.2. The van der Waals surface area contributed by atoms with E-state index in [2.05, 4.69) is 11.8 Å². The average molecular weight is 247 g/mol. The molecule has 0 aliphatic carbocycles. The molecular formula is C15H21NO2. The molecule has 0 spiro atoms. The highest BCUT2D eigenvalue weighted by Crippen LogP contribution is 2.23. The van der Waals surface area contributed by atoms with Crippen molar-refractivity contribution in [1.29, 1.82) is 0 Å². The minimum Gasteiger partial charge on any atom is -0.490 e. The Morgan fingerprint density at radius 2 is 2.00 bits per heavy atom. The summed E-state index contributed by atoms with van der Waals surface area (Å²) in [5, 5.41) is 0. The Morgan fingerprint density at radius 1 is 1.33 bits per heavy atom. The van der Waals surface area contributed by atoms with Gasteiger partial charge in [-0.05, 0) is 38.4 Å². The smallest absolute Gasteiger partial charge is 0.163 e. The quantitative estimate of drug-likeness (QED) is 0.766. The van der Waals surface area contributed by atoms with E-state index in [1.165, 1.54) is 0 Å². The van der Waals surface area contributed by atoms with Gasteiger partial charge in [0.2, 0.25) is 0 Å². The van der Waals surface area contributed by atoms with Crippen LogP contribution in [0.25, 0.3) is 0 Å². The lowest BCUT2D eigenvalue weighted by atomic mass is 10.1. The molecule has 0 amide bonds. The number of para-hydroxylation sites is 1. The first-order valence-electron chi connectivity index (χ1n) is 6.69. The van der Waals surface area contributed by atoms with Gasteiger partial charge >= 0.3 is 0 Å². The van der Waals surface area contributed by atoms with E-state index in [1.54, 1.807) is 6.92 Å². The van der Waals surface area contributed by atoms with Crippen molar-refractivity contribution in [2.75, 3.05) is 19.6 Å². The van der Waals surface area contributed by atoms with E-state index in [0.29, 0.717) is 5.56 Å².